The zero-order valence-electron chi connectivity index (χ0n) is 15.6. The third-order valence-corrected chi connectivity index (χ3v) is 5.51. The van der Waals surface area contributed by atoms with E-state index >= 15 is 0 Å². The third kappa shape index (κ3) is 2.53. The van der Waals surface area contributed by atoms with Gasteiger partial charge in [-0.3, -0.25) is 0 Å². The number of rotatable bonds is 1. The van der Waals surface area contributed by atoms with Gasteiger partial charge in [0.05, 0.1) is 0 Å². The summed E-state index contributed by atoms with van der Waals surface area (Å²) in [5.41, 5.74) is 8.68. The Morgan fingerprint density at radius 2 is 1.59 bits per heavy atom. The number of anilines is 1. The van der Waals surface area contributed by atoms with Crippen molar-refractivity contribution in [3.63, 3.8) is 0 Å². The predicted octanol–water partition coefficient (Wildman–Crippen LogP) is 5.03. The molecule has 0 saturated heterocycles. The Hall–Kier alpha value is -3.39. The molecule has 0 saturated carbocycles. The molecule has 2 aromatic carbocycles. The van der Waals surface area contributed by atoms with Crippen LogP contribution in [0.15, 0.2) is 96.2 Å². The number of para-hydroxylation sites is 2. The molecule has 0 N–H and O–H groups in total. The Kier molecular flexibility index (Phi) is 3.58. The number of benzene rings is 2. The number of pyridine rings is 1. The summed E-state index contributed by atoms with van der Waals surface area (Å²) in [5.74, 6) is 0. The topological polar surface area (TPSA) is 7.12 Å². The van der Waals surface area contributed by atoms with Crippen molar-refractivity contribution in [2.75, 3.05) is 11.9 Å². The molecule has 0 unspecified atom stereocenters. The number of aryl methyl sites for hydroxylation is 1. The molecule has 27 heavy (non-hydrogen) atoms. The quantitative estimate of drug-likeness (QED) is 0.559. The lowest BCUT2D eigenvalue weighted by atomic mass is 10.0. The number of aromatic nitrogens is 1. The first-order valence-electron chi connectivity index (χ1n) is 9.25. The number of nitrogens with zero attached hydrogens (tertiary/aromatic N) is 2. The predicted molar refractivity (Wildman–Crippen MR) is 113 cm³/mol. The van der Waals surface area contributed by atoms with Gasteiger partial charge in [0.25, 0.3) is 0 Å². The van der Waals surface area contributed by atoms with E-state index in [1.165, 1.54) is 44.7 Å². The summed E-state index contributed by atoms with van der Waals surface area (Å²) < 4.78 is 2.27. The largest absolute Gasteiger partial charge is 0.344 e. The minimum absolute atomic E-state index is 1.23. The Morgan fingerprint density at radius 3 is 2.52 bits per heavy atom. The molecule has 0 fully saturated rings. The highest BCUT2D eigenvalue weighted by molar-refractivity contribution is 5.84. The van der Waals surface area contributed by atoms with E-state index < -0.39 is 0 Å². The molecule has 2 heteroatoms. The van der Waals surface area contributed by atoms with Crippen LogP contribution in [0, 0.1) is 0 Å². The van der Waals surface area contributed by atoms with Crippen molar-refractivity contribution in [1.29, 1.82) is 0 Å². The Balaban J connectivity index is 1.59. The highest BCUT2D eigenvalue weighted by Crippen LogP contribution is 2.34. The first kappa shape index (κ1) is 15.8. The molecule has 130 valence electrons. The molecule has 0 amide bonds. The molecule has 0 radical (unpaired) electrons. The molecule has 0 atom stereocenters. The van der Waals surface area contributed by atoms with Crippen molar-refractivity contribution in [1.82, 2.24) is 0 Å². The van der Waals surface area contributed by atoms with E-state index in [1.807, 2.05) is 0 Å². The zero-order valence-corrected chi connectivity index (χ0v) is 15.6. The smallest absolute Gasteiger partial charge is 0.212 e. The highest BCUT2D eigenvalue weighted by Gasteiger charge is 2.20. The van der Waals surface area contributed by atoms with Crippen LogP contribution in [0.4, 0.5) is 5.69 Å². The van der Waals surface area contributed by atoms with E-state index in [9.17, 15) is 0 Å². The molecular formula is C25H21N2+. The third-order valence-electron chi connectivity index (χ3n) is 5.51. The molecule has 0 bridgehead atoms. The van der Waals surface area contributed by atoms with Crippen molar-refractivity contribution < 1.29 is 4.57 Å². The number of hydrogen-bond acceptors (Lipinski definition) is 1. The van der Waals surface area contributed by atoms with Gasteiger partial charge in [-0.05, 0) is 47.6 Å². The first-order chi connectivity index (χ1) is 13.2. The molecule has 1 aliphatic heterocycles. The van der Waals surface area contributed by atoms with Crippen molar-refractivity contribution >= 4 is 28.2 Å². The summed E-state index contributed by atoms with van der Waals surface area (Å²) in [4.78, 5) is 2.27. The second-order valence-electron chi connectivity index (χ2n) is 7.06. The van der Waals surface area contributed by atoms with Crippen LogP contribution in [0.2, 0.25) is 0 Å². The van der Waals surface area contributed by atoms with Gasteiger partial charge in [0, 0.05) is 41.5 Å². The Bertz CT molecular complexity index is 1190. The van der Waals surface area contributed by atoms with Crippen LogP contribution < -0.4 is 9.47 Å². The maximum Gasteiger partial charge on any atom is 0.212 e. The normalized spacial score (nSPS) is 18.1. The molecule has 5 rings (SSSR count). The molecule has 2 nitrogen and oxygen atoms in total. The van der Waals surface area contributed by atoms with E-state index in [0.717, 1.165) is 0 Å². The number of hydrogen-bond donors (Lipinski definition) is 0. The summed E-state index contributed by atoms with van der Waals surface area (Å²) in [5, 5.41) is 1.26. The van der Waals surface area contributed by atoms with Crippen molar-refractivity contribution in [3.05, 3.63) is 107 Å². The lowest BCUT2D eigenvalue weighted by Crippen LogP contribution is -2.33. The maximum atomic E-state index is 2.29. The average molecular weight is 349 g/mol. The molecule has 1 aliphatic carbocycles. The van der Waals surface area contributed by atoms with Gasteiger partial charge >= 0.3 is 0 Å². The van der Waals surface area contributed by atoms with Crippen molar-refractivity contribution in [2.24, 2.45) is 7.05 Å². The van der Waals surface area contributed by atoms with Crippen molar-refractivity contribution in [2.45, 2.75) is 0 Å². The number of fused-ring (bicyclic) bond motifs is 2. The summed E-state index contributed by atoms with van der Waals surface area (Å²) in [6.07, 6.45) is 11.1. The van der Waals surface area contributed by atoms with Crippen LogP contribution in [0.1, 0.15) is 11.3 Å². The van der Waals surface area contributed by atoms with Gasteiger partial charge in [-0.2, -0.15) is 4.57 Å². The van der Waals surface area contributed by atoms with Gasteiger partial charge < -0.3 is 4.90 Å². The lowest BCUT2D eigenvalue weighted by Gasteiger charge is -2.27. The zero-order chi connectivity index (χ0) is 18.4. The lowest BCUT2D eigenvalue weighted by molar-refractivity contribution is -0.647. The minimum Gasteiger partial charge on any atom is -0.344 e. The summed E-state index contributed by atoms with van der Waals surface area (Å²) in [6.45, 7) is 0. The van der Waals surface area contributed by atoms with Crippen LogP contribution in [-0.2, 0) is 7.05 Å². The fraction of sp³-hybridized carbons (Fsp3) is 0.0800. The van der Waals surface area contributed by atoms with E-state index in [1.54, 1.807) is 0 Å². The van der Waals surface area contributed by atoms with Crippen LogP contribution in [0.5, 0.6) is 0 Å². The SMILES string of the molecule is CN1C(=C2C=CC(c3ccc4ccccc4[n+]3C)=C2)C=Cc2ccccc21. The van der Waals surface area contributed by atoms with Crippen LogP contribution in [-0.4, -0.2) is 7.05 Å². The van der Waals surface area contributed by atoms with E-state index in [0.29, 0.717) is 0 Å². The van der Waals surface area contributed by atoms with Gasteiger partial charge in [0.1, 0.15) is 7.05 Å². The fourth-order valence-electron chi connectivity index (χ4n) is 4.03. The molecular weight excluding hydrogens is 328 g/mol. The minimum atomic E-state index is 1.23. The standard InChI is InChI=1S/C25H21N2/c1-26-22-9-5-3-7-18(22)13-15-24(26)20-11-12-21(17-20)25-16-14-19-8-4-6-10-23(19)27(25)2/h3-17H,1-2H3/q+1. The molecule has 1 aromatic heterocycles. The molecule has 2 aliphatic rings. The van der Waals surface area contributed by atoms with Crippen LogP contribution in [0.25, 0.3) is 22.6 Å². The monoisotopic (exact) mass is 349 g/mol. The average Bonchev–Trinajstić information content (AvgIpc) is 3.18. The van der Waals surface area contributed by atoms with Gasteiger partial charge in [-0.25, -0.2) is 0 Å². The van der Waals surface area contributed by atoms with Crippen LogP contribution in [0.3, 0.4) is 0 Å². The van der Waals surface area contributed by atoms with Gasteiger partial charge in [-0.1, -0.05) is 42.5 Å². The van der Waals surface area contributed by atoms with Gasteiger partial charge in [0.15, 0.2) is 0 Å². The highest BCUT2D eigenvalue weighted by atomic mass is 15.1. The number of likely N-dealkylation sites (N-methyl/N-ethyl adjacent to an activating group) is 1. The van der Waals surface area contributed by atoms with Crippen LogP contribution >= 0.6 is 0 Å². The second kappa shape index (κ2) is 6.10. The Labute approximate surface area is 159 Å². The van der Waals surface area contributed by atoms with E-state index in [2.05, 4.69) is 115 Å². The molecule has 0 spiro atoms. The van der Waals surface area contributed by atoms with Crippen molar-refractivity contribution in [3.8, 4) is 0 Å². The number of allylic oxidation sites excluding steroid dienone is 6. The molecule has 3 aromatic rings. The second-order valence-corrected chi connectivity index (χ2v) is 7.06. The summed E-state index contributed by atoms with van der Waals surface area (Å²) in [7, 11) is 4.28. The maximum absolute atomic E-state index is 2.29. The fourth-order valence-corrected chi connectivity index (χ4v) is 4.03. The van der Waals surface area contributed by atoms with E-state index in [-0.39, 0.29) is 0 Å². The van der Waals surface area contributed by atoms with E-state index in [4.69, 9.17) is 0 Å². The Morgan fingerprint density at radius 1 is 0.778 bits per heavy atom. The summed E-state index contributed by atoms with van der Waals surface area (Å²) >= 11 is 0. The molecule has 2 heterocycles. The van der Waals surface area contributed by atoms with Gasteiger partial charge in [0.2, 0.25) is 11.2 Å². The van der Waals surface area contributed by atoms with Gasteiger partial charge in [-0.15, -0.1) is 0 Å². The first-order valence-corrected chi connectivity index (χ1v) is 9.25. The summed E-state index contributed by atoms with van der Waals surface area (Å²) in [6, 6.07) is 21.4.